The lowest BCUT2D eigenvalue weighted by Crippen LogP contribution is -2.64. The van der Waals surface area contributed by atoms with Crippen molar-refractivity contribution in [3.63, 3.8) is 0 Å². The van der Waals surface area contributed by atoms with Gasteiger partial charge < -0.3 is 8.85 Å². The van der Waals surface area contributed by atoms with Crippen LogP contribution in [0.5, 0.6) is 0 Å². The summed E-state index contributed by atoms with van der Waals surface area (Å²) in [4.78, 5) is 0. The Morgan fingerprint density at radius 3 is 1.44 bits per heavy atom. The Morgan fingerprint density at radius 1 is 0.556 bits per heavy atom. The van der Waals surface area contributed by atoms with E-state index >= 15 is 0 Å². The summed E-state index contributed by atoms with van der Waals surface area (Å²) in [6.45, 7) is 7.59. The molecule has 0 aliphatic carbocycles. The van der Waals surface area contributed by atoms with Gasteiger partial charge in [-0.05, 0) is 30.1 Å². The summed E-state index contributed by atoms with van der Waals surface area (Å²) >= 11 is 0. The number of rotatable bonds is 22. The van der Waals surface area contributed by atoms with E-state index in [1.54, 1.807) is 0 Å². The molecule has 0 N–H and O–H groups in total. The van der Waals surface area contributed by atoms with Crippen molar-refractivity contribution >= 4 is 18.9 Å². The minimum atomic E-state index is -2.78. The molecular weight excluding hydrogens is 456 g/mol. The first kappa shape index (κ1) is 30.8. The summed E-state index contributed by atoms with van der Waals surface area (Å²) < 4.78 is 13.9. The van der Waals surface area contributed by atoms with E-state index in [-0.39, 0.29) is 6.10 Å². The Kier molecular flexibility index (Phi) is 16.8. The maximum absolute atomic E-state index is 7.04. The van der Waals surface area contributed by atoms with Crippen LogP contribution in [0.15, 0.2) is 60.7 Å². The first-order valence-electron chi connectivity index (χ1n) is 15.2. The molecule has 1 atom stereocenters. The molecule has 0 aliphatic rings. The third-order valence-corrected chi connectivity index (χ3v) is 10.7. The topological polar surface area (TPSA) is 18.5 Å². The molecule has 0 saturated heterocycles. The number of benzene rings is 2. The predicted octanol–water partition coefficient (Wildman–Crippen LogP) is 8.95. The van der Waals surface area contributed by atoms with E-state index in [0.29, 0.717) is 0 Å². The van der Waals surface area contributed by atoms with E-state index in [4.69, 9.17) is 8.85 Å². The fraction of sp³-hybridized carbons (Fsp3) is 0.636. The van der Waals surface area contributed by atoms with Crippen LogP contribution in [0, 0.1) is 0 Å². The lowest BCUT2D eigenvalue weighted by Gasteiger charge is -2.34. The molecule has 2 aromatic rings. The van der Waals surface area contributed by atoms with Crippen LogP contribution in [0.1, 0.15) is 124 Å². The van der Waals surface area contributed by atoms with Crippen LogP contribution >= 0.6 is 0 Å². The van der Waals surface area contributed by atoms with Gasteiger partial charge in [0.15, 0.2) is 0 Å². The van der Waals surface area contributed by atoms with Gasteiger partial charge in [-0.25, -0.2) is 0 Å². The highest BCUT2D eigenvalue weighted by atomic mass is 28.4. The fourth-order valence-electron chi connectivity index (χ4n) is 5.00. The zero-order valence-corrected chi connectivity index (χ0v) is 24.7. The lowest BCUT2D eigenvalue weighted by atomic mass is 10.1. The molecule has 0 aliphatic heterocycles. The van der Waals surface area contributed by atoms with Crippen molar-refractivity contribution in [3.05, 3.63) is 60.7 Å². The van der Waals surface area contributed by atoms with Crippen LogP contribution in [0.4, 0.5) is 0 Å². The van der Waals surface area contributed by atoms with Gasteiger partial charge in [0.25, 0.3) is 0 Å². The molecule has 2 aromatic carbocycles. The Morgan fingerprint density at radius 2 is 0.972 bits per heavy atom. The van der Waals surface area contributed by atoms with Crippen molar-refractivity contribution in [2.45, 2.75) is 130 Å². The van der Waals surface area contributed by atoms with Gasteiger partial charge in [0, 0.05) is 12.7 Å². The molecule has 3 heteroatoms. The maximum atomic E-state index is 7.04. The Hall–Kier alpha value is -1.42. The zero-order valence-electron chi connectivity index (χ0n) is 23.7. The Balaban J connectivity index is 1.99. The van der Waals surface area contributed by atoms with E-state index in [9.17, 15) is 0 Å². The summed E-state index contributed by atoms with van der Waals surface area (Å²) in [6.07, 6.45) is 21.1. The van der Waals surface area contributed by atoms with E-state index in [1.807, 2.05) is 0 Å². The predicted molar refractivity (Wildman–Crippen MR) is 160 cm³/mol. The third-order valence-electron chi connectivity index (χ3n) is 7.19. The van der Waals surface area contributed by atoms with Crippen molar-refractivity contribution in [1.29, 1.82) is 0 Å². The molecule has 0 spiro atoms. The zero-order chi connectivity index (χ0) is 25.7. The molecule has 0 amide bonds. The van der Waals surface area contributed by atoms with Crippen LogP contribution < -0.4 is 10.4 Å². The molecular formula is C33H54O2Si. The standard InChI is InChI=1S/C33H54O2Si/c1-4-6-8-10-12-13-14-16-24-30-34-36(32-26-20-17-21-27-32,33-28-22-18-23-29-33)35-31(3)25-19-15-11-9-7-5-2/h17-18,20-23,26-29,31H,4-16,19,24-25,30H2,1-3H3. The molecule has 0 fully saturated rings. The minimum absolute atomic E-state index is 0.186. The van der Waals surface area contributed by atoms with Crippen molar-refractivity contribution in [2.24, 2.45) is 0 Å². The largest absolute Gasteiger partial charge is 0.407 e. The highest BCUT2D eigenvalue weighted by Crippen LogP contribution is 2.18. The second kappa shape index (κ2) is 19.7. The molecule has 202 valence electrons. The average molecular weight is 511 g/mol. The van der Waals surface area contributed by atoms with Gasteiger partial charge >= 0.3 is 8.56 Å². The monoisotopic (exact) mass is 510 g/mol. The van der Waals surface area contributed by atoms with E-state index < -0.39 is 8.56 Å². The maximum Gasteiger partial charge on any atom is 0.407 e. The van der Waals surface area contributed by atoms with Gasteiger partial charge in [0.1, 0.15) is 0 Å². The van der Waals surface area contributed by atoms with Crippen LogP contribution in [-0.2, 0) is 8.85 Å². The van der Waals surface area contributed by atoms with Crippen LogP contribution in [0.25, 0.3) is 0 Å². The quantitative estimate of drug-likeness (QED) is 0.116. The summed E-state index contributed by atoms with van der Waals surface area (Å²) in [5, 5.41) is 2.45. The Bertz CT molecular complexity index is 709. The van der Waals surface area contributed by atoms with Crippen molar-refractivity contribution in [1.82, 2.24) is 0 Å². The summed E-state index contributed by atoms with van der Waals surface area (Å²) in [7, 11) is -2.78. The van der Waals surface area contributed by atoms with Crippen molar-refractivity contribution in [3.8, 4) is 0 Å². The first-order valence-corrected chi connectivity index (χ1v) is 17.0. The number of hydrogen-bond acceptors (Lipinski definition) is 2. The molecule has 0 saturated carbocycles. The molecule has 2 nitrogen and oxygen atoms in total. The minimum Gasteiger partial charge on any atom is -0.388 e. The third kappa shape index (κ3) is 11.8. The lowest BCUT2D eigenvalue weighted by molar-refractivity contribution is 0.132. The Labute approximate surface area is 224 Å². The molecule has 2 rings (SSSR count). The van der Waals surface area contributed by atoms with Crippen LogP contribution in [0.3, 0.4) is 0 Å². The normalized spacial score (nSPS) is 12.6. The van der Waals surface area contributed by atoms with E-state index in [1.165, 1.54) is 100 Å². The van der Waals surface area contributed by atoms with Crippen LogP contribution in [-0.4, -0.2) is 21.3 Å². The fourth-order valence-corrected chi connectivity index (χ4v) is 8.39. The molecule has 0 radical (unpaired) electrons. The molecule has 0 bridgehead atoms. The first-order chi connectivity index (χ1) is 17.7. The number of unbranched alkanes of at least 4 members (excludes halogenated alkanes) is 13. The molecule has 36 heavy (non-hydrogen) atoms. The molecule has 0 aromatic heterocycles. The molecule has 0 heterocycles. The molecule has 1 unspecified atom stereocenters. The smallest absolute Gasteiger partial charge is 0.388 e. The van der Waals surface area contributed by atoms with Crippen LogP contribution in [0.2, 0.25) is 0 Å². The highest BCUT2D eigenvalue weighted by Gasteiger charge is 2.43. The van der Waals surface area contributed by atoms with Gasteiger partial charge in [0.2, 0.25) is 0 Å². The second-order valence-electron chi connectivity index (χ2n) is 10.5. The van der Waals surface area contributed by atoms with Gasteiger partial charge in [-0.1, -0.05) is 164 Å². The SMILES string of the molecule is CCCCCCCCCCCO[Si](OC(C)CCCCCCCC)(c1ccccc1)c1ccccc1. The van der Waals surface area contributed by atoms with Crippen molar-refractivity contribution in [2.75, 3.05) is 6.61 Å². The summed E-state index contributed by atoms with van der Waals surface area (Å²) in [5.41, 5.74) is 0. The van der Waals surface area contributed by atoms with Gasteiger partial charge in [-0.2, -0.15) is 0 Å². The average Bonchev–Trinajstić information content (AvgIpc) is 2.92. The van der Waals surface area contributed by atoms with E-state index in [2.05, 4.69) is 81.4 Å². The summed E-state index contributed by atoms with van der Waals surface area (Å²) in [5.74, 6) is 0. The van der Waals surface area contributed by atoms with Gasteiger partial charge in [-0.15, -0.1) is 0 Å². The van der Waals surface area contributed by atoms with Gasteiger partial charge in [0.05, 0.1) is 0 Å². The summed E-state index contributed by atoms with van der Waals surface area (Å²) in [6, 6.07) is 21.6. The van der Waals surface area contributed by atoms with E-state index in [0.717, 1.165) is 19.4 Å². The second-order valence-corrected chi connectivity index (χ2v) is 13.4. The highest BCUT2D eigenvalue weighted by molar-refractivity contribution is 6.92. The van der Waals surface area contributed by atoms with Crippen molar-refractivity contribution < 1.29 is 8.85 Å². The number of hydrogen-bond donors (Lipinski definition) is 0. The van der Waals surface area contributed by atoms with Gasteiger partial charge in [-0.3, -0.25) is 0 Å².